The zero-order chi connectivity index (χ0) is 17.4. The topological polar surface area (TPSA) is 42.9 Å². The van der Waals surface area contributed by atoms with Crippen molar-refractivity contribution in [2.24, 2.45) is 10.9 Å². The summed E-state index contributed by atoms with van der Waals surface area (Å²) < 4.78 is 0. The molecule has 0 radical (unpaired) electrons. The molecule has 1 saturated heterocycles. The Morgan fingerprint density at radius 3 is 2.54 bits per heavy atom. The zero-order valence-corrected chi connectivity index (χ0v) is 16.5. The molecule has 1 atom stereocenters. The second kappa shape index (κ2) is 10.0. The number of piperazine rings is 1. The van der Waals surface area contributed by atoms with E-state index in [9.17, 15) is 0 Å². The molecule has 0 amide bonds. The van der Waals surface area contributed by atoms with Gasteiger partial charge >= 0.3 is 0 Å². The summed E-state index contributed by atoms with van der Waals surface area (Å²) in [6.45, 7) is 12.2. The third kappa shape index (κ3) is 6.42. The lowest BCUT2D eigenvalue weighted by molar-refractivity contribution is 0.139. The average molecular weight is 352 g/mol. The number of rotatable bonds is 7. The first-order valence-corrected chi connectivity index (χ1v) is 9.85. The summed E-state index contributed by atoms with van der Waals surface area (Å²) >= 11 is 1.88. The van der Waals surface area contributed by atoms with Crippen LogP contribution >= 0.6 is 11.3 Å². The normalized spacial score (nSPS) is 18.6. The van der Waals surface area contributed by atoms with E-state index in [0.29, 0.717) is 5.92 Å². The molecule has 2 rings (SSSR count). The molecule has 2 N–H and O–H groups in total. The zero-order valence-electron chi connectivity index (χ0n) is 15.6. The van der Waals surface area contributed by atoms with Gasteiger partial charge in [-0.3, -0.25) is 4.99 Å². The van der Waals surface area contributed by atoms with E-state index in [-0.39, 0.29) is 0 Å². The fourth-order valence-electron chi connectivity index (χ4n) is 2.91. The number of hydrogen-bond acceptors (Lipinski definition) is 4. The van der Waals surface area contributed by atoms with Crippen LogP contribution in [0.5, 0.6) is 0 Å². The van der Waals surface area contributed by atoms with E-state index in [0.717, 1.165) is 32.0 Å². The molecule has 2 heterocycles. The summed E-state index contributed by atoms with van der Waals surface area (Å²) in [6, 6.07) is 4.43. The van der Waals surface area contributed by atoms with Gasteiger partial charge in [0.15, 0.2) is 5.96 Å². The smallest absolute Gasteiger partial charge is 0.191 e. The van der Waals surface area contributed by atoms with Crippen molar-refractivity contribution in [1.29, 1.82) is 0 Å². The minimum atomic E-state index is 0.611. The number of guanidine groups is 1. The molecule has 6 heteroatoms. The SMILES string of the molecule is CCc1ccc(CNC(=NC)NCC(C)CN2CCN(C)CC2)s1. The quantitative estimate of drug-likeness (QED) is 0.581. The first-order chi connectivity index (χ1) is 11.6. The van der Waals surface area contributed by atoms with Gasteiger partial charge in [-0.1, -0.05) is 13.8 Å². The maximum absolute atomic E-state index is 4.34. The molecule has 1 aromatic heterocycles. The van der Waals surface area contributed by atoms with Crippen molar-refractivity contribution in [3.05, 3.63) is 21.9 Å². The number of nitrogens with zero attached hydrogens (tertiary/aromatic N) is 3. The lowest BCUT2D eigenvalue weighted by Gasteiger charge is -2.34. The van der Waals surface area contributed by atoms with Gasteiger partial charge < -0.3 is 20.4 Å². The molecule has 0 bridgehead atoms. The molecule has 0 saturated carbocycles. The van der Waals surface area contributed by atoms with Crippen LogP contribution in [0.3, 0.4) is 0 Å². The standard InChI is InChI=1S/C18H33N5S/c1-5-16-6-7-17(24-16)13-21-18(19-3)20-12-15(2)14-23-10-8-22(4)9-11-23/h6-7,15H,5,8-14H2,1-4H3,(H2,19,20,21). The van der Waals surface area contributed by atoms with E-state index in [1.807, 2.05) is 18.4 Å². The van der Waals surface area contributed by atoms with E-state index >= 15 is 0 Å². The van der Waals surface area contributed by atoms with Gasteiger partial charge in [-0.2, -0.15) is 0 Å². The molecule has 1 aliphatic rings. The Kier molecular flexibility index (Phi) is 8.02. The molecule has 1 aromatic rings. The van der Waals surface area contributed by atoms with Gasteiger partial charge in [0.25, 0.3) is 0 Å². The van der Waals surface area contributed by atoms with Gasteiger partial charge in [0.05, 0.1) is 6.54 Å². The summed E-state index contributed by atoms with van der Waals surface area (Å²) in [5.74, 6) is 1.51. The minimum Gasteiger partial charge on any atom is -0.356 e. The predicted octanol–water partition coefficient (Wildman–Crippen LogP) is 1.86. The van der Waals surface area contributed by atoms with Gasteiger partial charge in [0.1, 0.15) is 0 Å². The Labute approximate surface area is 151 Å². The van der Waals surface area contributed by atoms with Gasteiger partial charge in [-0.15, -0.1) is 11.3 Å². The van der Waals surface area contributed by atoms with E-state index in [4.69, 9.17) is 0 Å². The highest BCUT2D eigenvalue weighted by Gasteiger charge is 2.16. The molecule has 136 valence electrons. The summed E-state index contributed by atoms with van der Waals surface area (Å²) in [4.78, 5) is 12.1. The van der Waals surface area contributed by atoms with Gasteiger partial charge in [-0.25, -0.2) is 0 Å². The van der Waals surface area contributed by atoms with Crippen molar-refractivity contribution in [2.75, 3.05) is 53.4 Å². The molecule has 1 fully saturated rings. The Balaban J connectivity index is 1.66. The van der Waals surface area contributed by atoms with Gasteiger partial charge in [0, 0.05) is 56.1 Å². The summed E-state index contributed by atoms with van der Waals surface area (Å²) in [5, 5.41) is 6.88. The lowest BCUT2D eigenvalue weighted by atomic mass is 10.1. The molecule has 0 aliphatic carbocycles. The molecular formula is C18H33N5S. The Hall–Kier alpha value is -1.11. The largest absolute Gasteiger partial charge is 0.356 e. The van der Waals surface area contributed by atoms with Crippen molar-refractivity contribution in [3.8, 4) is 0 Å². The van der Waals surface area contributed by atoms with E-state index in [2.05, 4.69) is 58.5 Å². The first kappa shape index (κ1) is 19.2. The number of nitrogens with one attached hydrogen (secondary N) is 2. The molecule has 1 unspecified atom stereocenters. The Morgan fingerprint density at radius 1 is 1.21 bits per heavy atom. The van der Waals surface area contributed by atoms with Crippen molar-refractivity contribution in [3.63, 3.8) is 0 Å². The minimum absolute atomic E-state index is 0.611. The molecule has 1 aliphatic heterocycles. The van der Waals surface area contributed by atoms with Crippen LogP contribution in [0.15, 0.2) is 17.1 Å². The lowest BCUT2D eigenvalue weighted by Crippen LogP contribution is -2.47. The number of aliphatic imine (C=N–C) groups is 1. The van der Waals surface area contributed by atoms with Crippen LogP contribution in [0.2, 0.25) is 0 Å². The fourth-order valence-corrected chi connectivity index (χ4v) is 3.80. The van der Waals surface area contributed by atoms with Crippen LogP contribution in [0.4, 0.5) is 0 Å². The van der Waals surface area contributed by atoms with Crippen molar-refractivity contribution in [1.82, 2.24) is 20.4 Å². The number of hydrogen-bond donors (Lipinski definition) is 2. The van der Waals surface area contributed by atoms with Crippen LogP contribution in [-0.4, -0.2) is 69.1 Å². The Morgan fingerprint density at radius 2 is 1.92 bits per heavy atom. The average Bonchev–Trinajstić information content (AvgIpc) is 3.05. The van der Waals surface area contributed by atoms with E-state index < -0.39 is 0 Å². The van der Waals surface area contributed by atoms with Crippen LogP contribution in [0, 0.1) is 5.92 Å². The second-order valence-electron chi connectivity index (χ2n) is 6.74. The number of aryl methyl sites for hydroxylation is 1. The molecular weight excluding hydrogens is 318 g/mol. The predicted molar refractivity (Wildman–Crippen MR) is 105 cm³/mol. The van der Waals surface area contributed by atoms with Crippen LogP contribution in [0.25, 0.3) is 0 Å². The second-order valence-corrected chi connectivity index (χ2v) is 7.99. The van der Waals surface area contributed by atoms with E-state index in [1.165, 1.54) is 35.9 Å². The third-order valence-corrected chi connectivity index (χ3v) is 5.73. The summed E-state index contributed by atoms with van der Waals surface area (Å²) in [7, 11) is 4.04. The van der Waals surface area contributed by atoms with Crippen molar-refractivity contribution >= 4 is 17.3 Å². The van der Waals surface area contributed by atoms with E-state index in [1.54, 1.807) is 0 Å². The van der Waals surface area contributed by atoms with Crippen molar-refractivity contribution in [2.45, 2.75) is 26.8 Å². The molecule has 0 aromatic carbocycles. The highest BCUT2D eigenvalue weighted by molar-refractivity contribution is 7.11. The third-order valence-electron chi connectivity index (χ3n) is 4.50. The number of thiophene rings is 1. The molecule has 0 spiro atoms. The maximum Gasteiger partial charge on any atom is 0.191 e. The highest BCUT2D eigenvalue weighted by Crippen LogP contribution is 2.16. The Bertz CT molecular complexity index is 505. The summed E-state index contributed by atoms with van der Waals surface area (Å²) in [6.07, 6.45) is 1.11. The van der Waals surface area contributed by atoms with Crippen LogP contribution < -0.4 is 10.6 Å². The highest BCUT2D eigenvalue weighted by atomic mass is 32.1. The van der Waals surface area contributed by atoms with Crippen LogP contribution in [0.1, 0.15) is 23.6 Å². The van der Waals surface area contributed by atoms with Crippen LogP contribution in [-0.2, 0) is 13.0 Å². The molecule has 24 heavy (non-hydrogen) atoms. The fraction of sp³-hybridized carbons (Fsp3) is 0.722. The first-order valence-electron chi connectivity index (χ1n) is 9.03. The molecule has 5 nitrogen and oxygen atoms in total. The monoisotopic (exact) mass is 351 g/mol. The maximum atomic E-state index is 4.34. The van der Waals surface area contributed by atoms with Crippen molar-refractivity contribution < 1.29 is 0 Å². The summed E-state index contributed by atoms with van der Waals surface area (Å²) in [5.41, 5.74) is 0. The number of likely N-dealkylation sites (N-methyl/N-ethyl adjacent to an activating group) is 1. The van der Waals surface area contributed by atoms with Gasteiger partial charge in [0.2, 0.25) is 0 Å². The van der Waals surface area contributed by atoms with Gasteiger partial charge in [-0.05, 0) is 31.5 Å².